The molecule has 2 aromatic carbocycles. The van der Waals surface area contributed by atoms with E-state index in [9.17, 15) is 18.0 Å². The van der Waals surface area contributed by atoms with Crippen molar-refractivity contribution in [3.63, 3.8) is 0 Å². The predicted octanol–water partition coefficient (Wildman–Crippen LogP) is 4.30. The summed E-state index contributed by atoms with van der Waals surface area (Å²) < 4.78 is 43.4. The summed E-state index contributed by atoms with van der Waals surface area (Å²) in [5.74, 6) is -1.29. The average molecular weight is 425 g/mol. The molecule has 0 saturated carbocycles. The molecule has 3 aromatic rings. The number of nitrogens with two attached hydrogens (primary N) is 2. The molecule has 3 rings (SSSR count). The second-order valence-corrected chi connectivity index (χ2v) is 6.71. The second-order valence-electron chi connectivity index (χ2n) is 6.30. The van der Waals surface area contributed by atoms with Crippen molar-refractivity contribution < 1.29 is 22.7 Å². The van der Waals surface area contributed by atoms with Crippen LogP contribution in [-0.2, 0) is 7.05 Å². The molecule has 0 spiro atoms. The molecular formula is C19H16ClF3N4O2. The molecule has 0 aliphatic carbocycles. The number of alkyl halides is 3. The molecule has 29 heavy (non-hydrogen) atoms. The minimum absolute atomic E-state index is 0.0163. The average Bonchev–Trinajstić information content (AvgIpc) is 2.90. The Bertz CT molecular complexity index is 1110. The van der Waals surface area contributed by atoms with Crippen LogP contribution in [0.15, 0.2) is 36.4 Å². The van der Waals surface area contributed by atoms with E-state index < -0.39 is 18.0 Å². The summed E-state index contributed by atoms with van der Waals surface area (Å²) in [6, 6.07) is 8.32. The molecular weight excluding hydrogens is 409 g/mol. The number of rotatable bonds is 4. The van der Waals surface area contributed by atoms with Gasteiger partial charge in [-0.3, -0.25) is 9.48 Å². The Labute approximate surface area is 168 Å². The van der Waals surface area contributed by atoms with Crippen LogP contribution in [-0.4, -0.2) is 22.1 Å². The van der Waals surface area contributed by atoms with Crippen LogP contribution in [0.2, 0.25) is 5.02 Å². The largest absolute Gasteiger partial charge is 0.573 e. The number of halogens is 4. The molecule has 1 amide bonds. The van der Waals surface area contributed by atoms with Crippen molar-refractivity contribution in [1.82, 2.24) is 9.78 Å². The van der Waals surface area contributed by atoms with Crippen LogP contribution in [0, 0.1) is 6.92 Å². The van der Waals surface area contributed by atoms with Gasteiger partial charge in [0.05, 0.1) is 22.1 Å². The van der Waals surface area contributed by atoms with Gasteiger partial charge >= 0.3 is 6.36 Å². The molecule has 0 fully saturated rings. The van der Waals surface area contributed by atoms with Gasteiger partial charge in [0.25, 0.3) is 0 Å². The number of aryl methyl sites for hydroxylation is 1. The maximum Gasteiger partial charge on any atom is 0.573 e. The smallest absolute Gasteiger partial charge is 0.406 e. The Morgan fingerprint density at radius 2 is 1.90 bits per heavy atom. The number of benzene rings is 2. The molecule has 6 nitrogen and oxygen atoms in total. The van der Waals surface area contributed by atoms with E-state index in [1.165, 1.54) is 10.7 Å². The summed E-state index contributed by atoms with van der Waals surface area (Å²) in [4.78, 5) is 11.8. The highest BCUT2D eigenvalue weighted by Gasteiger charge is 2.32. The third kappa shape index (κ3) is 4.14. The number of primary amides is 1. The Kier molecular flexibility index (Phi) is 5.18. The first kappa shape index (κ1) is 20.5. The van der Waals surface area contributed by atoms with Crippen molar-refractivity contribution in [3.8, 4) is 28.3 Å². The Hall–Kier alpha value is -3.20. The second kappa shape index (κ2) is 7.32. The van der Waals surface area contributed by atoms with Gasteiger partial charge in [-0.1, -0.05) is 17.7 Å². The van der Waals surface area contributed by atoms with E-state index in [2.05, 4.69) is 9.84 Å². The van der Waals surface area contributed by atoms with E-state index in [4.69, 9.17) is 23.1 Å². The molecule has 10 heteroatoms. The van der Waals surface area contributed by atoms with Crippen molar-refractivity contribution in [2.45, 2.75) is 13.3 Å². The zero-order valence-electron chi connectivity index (χ0n) is 15.3. The number of hydrogen-bond acceptors (Lipinski definition) is 4. The number of hydrogen-bond donors (Lipinski definition) is 2. The van der Waals surface area contributed by atoms with Crippen LogP contribution in [0.3, 0.4) is 0 Å². The van der Waals surface area contributed by atoms with Crippen molar-refractivity contribution in [3.05, 3.63) is 52.5 Å². The molecule has 0 aliphatic heterocycles. The lowest BCUT2D eigenvalue weighted by Crippen LogP contribution is -2.18. The Morgan fingerprint density at radius 1 is 1.21 bits per heavy atom. The normalized spacial score (nSPS) is 11.5. The third-order valence-electron chi connectivity index (χ3n) is 4.30. The molecule has 1 heterocycles. The summed E-state index contributed by atoms with van der Waals surface area (Å²) in [5, 5.41) is 4.74. The minimum atomic E-state index is -4.88. The van der Waals surface area contributed by atoms with E-state index in [1.54, 1.807) is 32.2 Å². The number of aromatic nitrogens is 2. The van der Waals surface area contributed by atoms with Gasteiger partial charge in [-0.15, -0.1) is 13.2 Å². The number of anilines is 1. The first-order chi connectivity index (χ1) is 13.5. The number of carbonyl (C=O) groups is 1. The number of ether oxygens (including phenoxy) is 1. The third-order valence-corrected chi connectivity index (χ3v) is 4.63. The molecule has 0 atom stereocenters. The first-order valence-corrected chi connectivity index (χ1v) is 8.64. The van der Waals surface area contributed by atoms with Gasteiger partial charge in [0, 0.05) is 29.3 Å². The Balaban J connectivity index is 2.19. The van der Waals surface area contributed by atoms with Crippen LogP contribution < -0.4 is 16.2 Å². The van der Waals surface area contributed by atoms with Crippen LogP contribution in [0.25, 0.3) is 22.5 Å². The molecule has 0 unspecified atom stereocenters. The molecule has 4 N–H and O–H groups in total. The molecule has 1 aromatic heterocycles. The van der Waals surface area contributed by atoms with Gasteiger partial charge in [-0.25, -0.2) is 0 Å². The van der Waals surface area contributed by atoms with E-state index in [1.807, 2.05) is 0 Å². The molecule has 152 valence electrons. The van der Waals surface area contributed by atoms with E-state index in [0.717, 1.165) is 12.1 Å². The highest BCUT2D eigenvalue weighted by atomic mass is 35.5. The van der Waals surface area contributed by atoms with Gasteiger partial charge in [0.1, 0.15) is 5.75 Å². The minimum Gasteiger partial charge on any atom is -0.406 e. The summed E-state index contributed by atoms with van der Waals surface area (Å²) in [7, 11) is 1.66. The van der Waals surface area contributed by atoms with Gasteiger partial charge in [0.15, 0.2) is 0 Å². The predicted molar refractivity (Wildman–Crippen MR) is 103 cm³/mol. The van der Waals surface area contributed by atoms with Gasteiger partial charge < -0.3 is 16.2 Å². The van der Waals surface area contributed by atoms with Crippen LogP contribution in [0.5, 0.6) is 5.75 Å². The quantitative estimate of drug-likeness (QED) is 0.610. The number of nitrogen functional groups attached to an aromatic ring is 1. The van der Waals surface area contributed by atoms with E-state index >= 15 is 0 Å². The number of amides is 1. The number of nitrogens with zero attached hydrogens (tertiary/aromatic N) is 2. The first-order valence-electron chi connectivity index (χ1n) is 8.27. The van der Waals surface area contributed by atoms with Crippen molar-refractivity contribution in [2.75, 3.05) is 5.73 Å². The lowest BCUT2D eigenvalue weighted by Gasteiger charge is -2.12. The van der Waals surface area contributed by atoms with Crippen molar-refractivity contribution in [1.29, 1.82) is 0 Å². The van der Waals surface area contributed by atoms with Crippen molar-refractivity contribution >= 4 is 23.2 Å². The van der Waals surface area contributed by atoms with Gasteiger partial charge in [-0.05, 0) is 37.3 Å². The zero-order chi connectivity index (χ0) is 21.5. The SMILES string of the molecule is Cc1c(-c2cc(OC(F)(F)F)ccc2C(N)=O)nn(C)c1-c1ccc(N)c(Cl)c1. The zero-order valence-corrected chi connectivity index (χ0v) is 16.1. The standard InChI is InChI=1S/C19H16ClF3N4O2/c1-9-16(26-27(2)17(9)10-3-6-15(24)14(20)7-10)13-8-11(29-19(21,22)23)4-5-12(13)18(25)28/h3-8H,24H2,1-2H3,(H2,25,28). The molecule has 0 saturated heterocycles. The fraction of sp³-hybridized carbons (Fsp3) is 0.158. The van der Waals surface area contributed by atoms with E-state index in [-0.39, 0.29) is 16.8 Å². The number of carbonyl (C=O) groups excluding carboxylic acids is 1. The summed E-state index contributed by atoms with van der Waals surface area (Å²) >= 11 is 6.10. The fourth-order valence-electron chi connectivity index (χ4n) is 3.09. The van der Waals surface area contributed by atoms with Gasteiger partial charge in [-0.2, -0.15) is 5.10 Å². The lowest BCUT2D eigenvalue weighted by molar-refractivity contribution is -0.274. The molecule has 0 bridgehead atoms. The van der Waals surface area contributed by atoms with E-state index in [0.29, 0.717) is 27.5 Å². The Morgan fingerprint density at radius 3 is 2.48 bits per heavy atom. The lowest BCUT2D eigenvalue weighted by atomic mass is 9.98. The van der Waals surface area contributed by atoms with Crippen LogP contribution in [0.4, 0.5) is 18.9 Å². The maximum absolute atomic E-state index is 12.6. The van der Waals surface area contributed by atoms with Crippen LogP contribution in [0.1, 0.15) is 15.9 Å². The summed E-state index contributed by atoms with van der Waals surface area (Å²) in [5.41, 5.74) is 14.0. The molecule has 0 radical (unpaired) electrons. The van der Waals surface area contributed by atoms with Crippen LogP contribution >= 0.6 is 11.6 Å². The highest BCUT2D eigenvalue weighted by Crippen LogP contribution is 2.37. The maximum atomic E-state index is 12.6. The summed E-state index contributed by atoms with van der Waals surface area (Å²) in [6.45, 7) is 1.73. The molecule has 0 aliphatic rings. The summed E-state index contributed by atoms with van der Waals surface area (Å²) in [6.07, 6.45) is -4.88. The van der Waals surface area contributed by atoms with Crippen molar-refractivity contribution in [2.24, 2.45) is 12.8 Å². The fourth-order valence-corrected chi connectivity index (χ4v) is 3.28. The topological polar surface area (TPSA) is 96.2 Å². The monoisotopic (exact) mass is 424 g/mol. The van der Waals surface area contributed by atoms with Gasteiger partial charge in [0.2, 0.25) is 5.91 Å². The highest BCUT2D eigenvalue weighted by molar-refractivity contribution is 6.33.